The molecule has 0 amide bonds. The van der Waals surface area contributed by atoms with E-state index in [4.69, 9.17) is 5.11 Å². The van der Waals surface area contributed by atoms with Crippen molar-refractivity contribution in [3.63, 3.8) is 0 Å². The quantitative estimate of drug-likeness (QED) is 0.834. The number of aliphatic hydroxyl groups is 1. The van der Waals surface area contributed by atoms with Crippen LogP contribution in [0.15, 0.2) is 18.2 Å². The minimum absolute atomic E-state index is 0.0653. The van der Waals surface area contributed by atoms with E-state index in [9.17, 15) is 4.79 Å². The molecule has 0 heterocycles. The van der Waals surface area contributed by atoms with Crippen LogP contribution in [0.25, 0.3) is 0 Å². The molecule has 15 heavy (non-hydrogen) atoms. The summed E-state index contributed by atoms with van der Waals surface area (Å²) in [7, 11) is 0. The van der Waals surface area contributed by atoms with Gasteiger partial charge in [0.25, 0.3) is 0 Å². The average Bonchev–Trinajstić information content (AvgIpc) is 2.28. The SMILES string of the molecule is CCc1cc(CC(=O)CBr)ccc1CO. The Morgan fingerprint density at radius 2 is 2.13 bits per heavy atom. The molecule has 0 aromatic heterocycles. The Morgan fingerprint density at radius 3 is 2.67 bits per heavy atom. The smallest absolute Gasteiger partial charge is 0.147 e. The number of benzene rings is 1. The van der Waals surface area contributed by atoms with Gasteiger partial charge in [-0.15, -0.1) is 0 Å². The van der Waals surface area contributed by atoms with Crippen LogP contribution in [0.4, 0.5) is 0 Å². The van der Waals surface area contributed by atoms with Gasteiger partial charge in [-0.3, -0.25) is 4.79 Å². The number of Topliss-reactive ketones (excluding diaryl/α,β-unsaturated/α-hetero) is 1. The van der Waals surface area contributed by atoms with Crippen LogP contribution in [0.2, 0.25) is 0 Å². The monoisotopic (exact) mass is 270 g/mol. The minimum atomic E-state index is 0.0653. The predicted molar refractivity (Wildman–Crippen MR) is 64.2 cm³/mol. The van der Waals surface area contributed by atoms with Crippen molar-refractivity contribution in [1.29, 1.82) is 0 Å². The van der Waals surface area contributed by atoms with Crippen molar-refractivity contribution in [3.8, 4) is 0 Å². The lowest BCUT2D eigenvalue weighted by atomic mass is 10.00. The summed E-state index contributed by atoms with van der Waals surface area (Å²) in [5, 5.41) is 9.49. The first-order valence-corrected chi connectivity index (χ1v) is 6.12. The van der Waals surface area contributed by atoms with Gasteiger partial charge in [-0.1, -0.05) is 41.1 Å². The Kier molecular flexibility index (Phi) is 4.99. The summed E-state index contributed by atoms with van der Waals surface area (Å²) in [6.45, 7) is 2.11. The molecule has 0 fully saturated rings. The average molecular weight is 271 g/mol. The van der Waals surface area contributed by atoms with E-state index in [1.807, 2.05) is 25.1 Å². The topological polar surface area (TPSA) is 37.3 Å². The number of aryl methyl sites for hydroxylation is 1. The summed E-state index contributed by atoms with van der Waals surface area (Å²) in [4.78, 5) is 11.2. The van der Waals surface area contributed by atoms with Crippen LogP contribution in [0.3, 0.4) is 0 Å². The van der Waals surface area contributed by atoms with Crippen LogP contribution in [0, 0.1) is 0 Å². The number of carbonyl (C=O) groups excluding carboxylic acids is 1. The van der Waals surface area contributed by atoms with Gasteiger partial charge in [-0.25, -0.2) is 0 Å². The first-order chi connectivity index (χ1) is 7.21. The highest BCUT2D eigenvalue weighted by Gasteiger charge is 2.05. The number of aliphatic hydroxyl groups excluding tert-OH is 1. The van der Waals surface area contributed by atoms with Gasteiger partial charge in [0, 0.05) is 6.42 Å². The summed E-state index contributed by atoms with van der Waals surface area (Å²) in [5.41, 5.74) is 3.10. The number of hydrogen-bond acceptors (Lipinski definition) is 2. The molecule has 0 aliphatic heterocycles. The van der Waals surface area contributed by atoms with Gasteiger partial charge in [0.1, 0.15) is 5.78 Å². The molecule has 0 radical (unpaired) electrons. The summed E-state index contributed by atoms with van der Waals surface area (Å²) in [6, 6.07) is 5.81. The molecule has 0 spiro atoms. The van der Waals surface area contributed by atoms with E-state index in [1.165, 1.54) is 0 Å². The van der Waals surface area contributed by atoms with Gasteiger partial charge in [-0.2, -0.15) is 0 Å². The van der Waals surface area contributed by atoms with E-state index in [-0.39, 0.29) is 12.4 Å². The van der Waals surface area contributed by atoms with E-state index in [0.717, 1.165) is 23.1 Å². The van der Waals surface area contributed by atoms with Gasteiger partial charge >= 0.3 is 0 Å². The molecule has 0 bridgehead atoms. The second-order valence-electron chi connectivity index (χ2n) is 3.46. The zero-order valence-electron chi connectivity index (χ0n) is 8.79. The summed E-state index contributed by atoms with van der Waals surface area (Å²) < 4.78 is 0. The zero-order chi connectivity index (χ0) is 11.3. The summed E-state index contributed by atoms with van der Waals surface area (Å²) in [5.74, 6) is 0.175. The summed E-state index contributed by atoms with van der Waals surface area (Å²) in [6.07, 6.45) is 1.34. The normalized spacial score (nSPS) is 10.3. The first-order valence-electron chi connectivity index (χ1n) is 5.00. The number of alkyl halides is 1. The largest absolute Gasteiger partial charge is 0.392 e. The Labute approximate surface area is 98.4 Å². The fourth-order valence-electron chi connectivity index (χ4n) is 1.55. The highest BCUT2D eigenvalue weighted by atomic mass is 79.9. The molecule has 0 atom stereocenters. The van der Waals surface area contributed by atoms with Gasteiger partial charge in [0.2, 0.25) is 0 Å². The number of hydrogen-bond donors (Lipinski definition) is 1. The number of halogens is 1. The highest BCUT2D eigenvalue weighted by Crippen LogP contribution is 2.14. The maximum Gasteiger partial charge on any atom is 0.147 e. The second kappa shape index (κ2) is 6.03. The van der Waals surface area contributed by atoms with Crippen molar-refractivity contribution < 1.29 is 9.90 Å². The van der Waals surface area contributed by atoms with Crippen LogP contribution in [-0.2, 0) is 24.2 Å². The Hall–Kier alpha value is -0.670. The zero-order valence-corrected chi connectivity index (χ0v) is 10.4. The fraction of sp³-hybridized carbons (Fsp3) is 0.417. The molecule has 1 aromatic carbocycles. The van der Waals surface area contributed by atoms with Crippen LogP contribution in [0.5, 0.6) is 0 Å². The van der Waals surface area contributed by atoms with Crippen molar-refractivity contribution in [3.05, 3.63) is 34.9 Å². The molecular formula is C12H15BrO2. The Morgan fingerprint density at radius 1 is 1.40 bits per heavy atom. The Balaban J connectivity index is 2.88. The number of ketones is 1. The van der Waals surface area contributed by atoms with Crippen LogP contribution >= 0.6 is 15.9 Å². The minimum Gasteiger partial charge on any atom is -0.392 e. The Bertz CT molecular complexity index is 347. The first kappa shape index (κ1) is 12.4. The fourth-order valence-corrected chi connectivity index (χ4v) is 1.75. The van der Waals surface area contributed by atoms with Gasteiger partial charge in [0.15, 0.2) is 0 Å². The molecule has 82 valence electrons. The third-order valence-electron chi connectivity index (χ3n) is 2.37. The van der Waals surface area contributed by atoms with Crippen molar-refractivity contribution in [1.82, 2.24) is 0 Å². The maximum absolute atomic E-state index is 11.2. The van der Waals surface area contributed by atoms with Gasteiger partial charge in [-0.05, 0) is 23.1 Å². The van der Waals surface area contributed by atoms with E-state index in [2.05, 4.69) is 15.9 Å². The maximum atomic E-state index is 11.2. The molecular weight excluding hydrogens is 256 g/mol. The van der Waals surface area contributed by atoms with E-state index in [0.29, 0.717) is 11.8 Å². The number of carbonyl (C=O) groups is 1. The third kappa shape index (κ3) is 3.43. The lowest BCUT2D eigenvalue weighted by Crippen LogP contribution is -2.04. The molecule has 3 heteroatoms. The molecule has 1 rings (SSSR count). The predicted octanol–water partition coefficient (Wildman–Crippen LogP) is 2.25. The summed E-state index contributed by atoms with van der Waals surface area (Å²) >= 11 is 3.15. The molecule has 0 aliphatic carbocycles. The molecule has 0 saturated carbocycles. The van der Waals surface area contributed by atoms with Crippen LogP contribution in [0.1, 0.15) is 23.6 Å². The van der Waals surface area contributed by atoms with Crippen molar-refractivity contribution in [2.24, 2.45) is 0 Å². The molecule has 1 aromatic rings. The molecule has 0 unspecified atom stereocenters. The number of rotatable bonds is 5. The molecule has 0 aliphatic rings. The lowest BCUT2D eigenvalue weighted by Gasteiger charge is -2.07. The second-order valence-corrected chi connectivity index (χ2v) is 4.02. The molecule has 2 nitrogen and oxygen atoms in total. The molecule has 0 saturated heterocycles. The van der Waals surface area contributed by atoms with Gasteiger partial charge in [0.05, 0.1) is 11.9 Å². The third-order valence-corrected chi connectivity index (χ3v) is 3.00. The lowest BCUT2D eigenvalue weighted by molar-refractivity contribution is -0.115. The van der Waals surface area contributed by atoms with E-state index in [1.54, 1.807) is 0 Å². The van der Waals surface area contributed by atoms with Crippen molar-refractivity contribution in [2.45, 2.75) is 26.4 Å². The standard InChI is InChI=1S/C12H15BrO2/c1-2-10-5-9(6-12(15)7-13)3-4-11(10)8-14/h3-5,14H,2,6-8H2,1H3. The highest BCUT2D eigenvalue weighted by molar-refractivity contribution is 9.09. The van der Waals surface area contributed by atoms with Crippen LogP contribution in [-0.4, -0.2) is 16.2 Å². The van der Waals surface area contributed by atoms with Gasteiger partial charge < -0.3 is 5.11 Å². The van der Waals surface area contributed by atoms with E-state index < -0.39 is 0 Å². The van der Waals surface area contributed by atoms with Crippen LogP contribution < -0.4 is 0 Å². The van der Waals surface area contributed by atoms with Crippen molar-refractivity contribution in [2.75, 3.05) is 5.33 Å². The molecule has 1 N–H and O–H groups in total. The van der Waals surface area contributed by atoms with E-state index >= 15 is 0 Å². The van der Waals surface area contributed by atoms with Crippen molar-refractivity contribution >= 4 is 21.7 Å².